The van der Waals surface area contributed by atoms with E-state index < -0.39 is 0 Å². The molecule has 0 atom stereocenters. The number of aryl methyl sites for hydroxylation is 1. The molecule has 1 aromatic heterocycles. The van der Waals surface area contributed by atoms with Crippen LogP contribution in [0.3, 0.4) is 0 Å². The highest BCUT2D eigenvalue weighted by Crippen LogP contribution is 2.32. The highest BCUT2D eigenvalue weighted by Gasteiger charge is 2.19. The van der Waals surface area contributed by atoms with Crippen LogP contribution in [0.1, 0.15) is 44.6 Å². The predicted molar refractivity (Wildman–Crippen MR) is 106 cm³/mol. The SMILES string of the molecule is CC=C[C@H]1CC[C@H](CCc2cnc(-c3ccc(Cl)c(Cl)c3)nc2)CC1. The lowest BCUT2D eigenvalue weighted by Gasteiger charge is -2.26. The number of halogens is 2. The van der Waals surface area contributed by atoms with E-state index in [1.807, 2.05) is 24.5 Å². The zero-order chi connectivity index (χ0) is 17.6. The van der Waals surface area contributed by atoms with Gasteiger partial charge in [0, 0.05) is 18.0 Å². The van der Waals surface area contributed by atoms with Gasteiger partial charge in [0.05, 0.1) is 10.0 Å². The summed E-state index contributed by atoms with van der Waals surface area (Å²) >= 11 is 12.0. The van der Waals surface area contributed by atoms with E-state index in [0.29, 0.717) is 15.9 Å². The Labute approximate surface area is 160 Å². The zero-order valence-corrected chi connectivity index (χ0v) is 16.1. The molecule has 25 heavy (non-hydrogen) atoms. The molecule has 0 saturated heterocycles. The van der Waals surface area contributed by atoms with Crippen molar-refractivity contribution < 1.29 is 0 Å². The van der Waals surface area contributed by atoms with E-state index >= 15 is 0 Å². The molecule has 0 spiro atoms. The second kappa shape index (κ2) is 8.82. The molecule has 1 heterocycles. The third-order valence-corrected chi connectivity index (χ3v) is 5.82. The van der Waals surface area contributed by atoms with Crippen molar-refractivity contribution in [2.75, 3.05) is 0 Å². The first-order chi connectivity index (χ1) is 12.2. The lowest BCUT2D eigenvalue weighted by molar-refractivity contribution is 0.296. The molecule has 2 aromatic rings. The standard InChI is InChI=1S/C21H24Cl2N2/c1-2-3-15-4-6-16(7-5-15)8-9-17-13-24-21(25-14-17)18-10-11-19(22)20(23)12-18/h2-3,10-16H,4-9H2,1H3/t15-,16-. The summed E-state index contributed by atoms with van der Waals surface area (Å²) < 4.78 is 0. The molecule has 0 aliphatic heterocycles. The molecule has 0 amide bonds. The van der Waals surface area contributed by atoms with Gasteiger partial charge < -0.3 is 0 Å². The Balaban J connectivity index is 1.54. The van der Waals surface area contributed by atoms with Crippen LogP contribution in [0.4, 0.5) is 0 Å². The Bertz CT molecular complexity index is 717. The van der Waals surface area contributed by atoms with Gasteiger partial charge in [-0.15, -0.1) is 0 Å². The van der Waals surface area contributed by atoms with Crippen molar-refractivity contribution >= 4 is 23.2 Å². The summed E-state index contributed by atoms with van der Waals surface area (Å²) in [5.41, 5.74) is 2.10. The minimum absolute atomic E-state index is 0.528. The molecule has 1 fully saturated rings. The molecule has 1 aliphatic rings. The van der Waals surface area contributed by atoms with Gasteiger partial charge in [0.25, 0.3) is 0 Å². The molecule has 0 N–H and O–H groups in total. The molecule has 0 unspecified atom stereocenters. The van der Waals surface area contributed by atoms with Gasteiger partial charge in [-0.1, -0.05) is 35.4 Å². The van der Waals surface area contributed by atoms with Gasteiger partial charge in [-0.25, -0.2) is 9.97 Å². The summed E-state index contributed by atoms with van der Waals surface area (Å²) in [5, 5.41) is 1.08. The number of benzene rings is 1. The largest absolute Gasteiger partial charge is 0.236 e. The first kappa shape index (κ1) is 18.4. The normalized spacial score (nSPS) is 20.9. The van der Waals surface area contributed by atoms with Crippen molar-refractivity contribution in [3.63, 3.8) is 0 Å². The van der Waals surface area contributed by atoms with Crippen LogP contribution >= 0.6 is 23.2 Å². The molecule has 1 saturated carbocycles. The van der Waals surface area contributed by atoms with E-state index in [4.69, 9.17) is 23.2 Å². The molecular weight excluding hydrogens is 351 g/mol. The highest BCUT2D eigenvalue weighted by atomic mass is 35.5. The molecule has 0 radical (unpaired) electrons. The van der Waals surface area contributed by atoms with Crippen LogP contribution in [0.5, 0.6) is 0 Å². The number of aromatic nitrogens is 2. The van der Waals surface area contributed by atoms with Crippen LogP contribution in [0, 0.1) is 11.8 Å². The van der Waals surface area contributed by atoms with Crippen molar-refractivity contribution in [1.82, 2.24) is 9.97 Å². The summed E-state index contributed by atoms with van der Waals surface area (Å²) in [6.07, 6.45) is 16.1. The van der Waals surface area contributed by atoms with Crippen LogP contribution < -0.4 is 0 Å². The van der Waals surface area contributed by atoms with Gasteiger partial charge in [0.1, 0.15) is 0 Å². The Morgan fingerprint density at radius 3 is 2.40 bits per heavy atom. The van der Waals surface area contributed by atoms with Crippen LogP contribution in [-0.4, -0.2) is 9.97 Å². The average molecular weight is 375 g/mol. The molecular formula is C21H24Cl2N2. The molecule has 1 aromatic carbocycles. The van der Waals surface area contributed by atoms with Crippen molar-refractivity contribution in [2.24, 2.45) is 11.8 Å². The number of allylic oxidation sites excluding steroid dienone is 2. The lowest BCUT2D eigenvalue weighted by atomic mass is 9.79. The minimum Gasteiger partial charge on any atom is -0.236 e. The third-order valence-electron chi connectivity index (χ3n) is 5.08. The van der Waals surface area contributed by atoms with E-state index in [9.17, 15) is 0 Å². The van der Waals surface area contributed by atoms with Crippen LogP contribution in [-0.2, 0) is 6.42 Å². The molecule has 1 aliphatic carbocycles. The lowest BCUT2D eigenvalue weighted by Crippen LogP contribution is -2.13. The number of nitrogens with zero attached hydrogens (tertiary/aromatic N) is 2. The van der Waals surface area contributed by atoms with Gasteiger partial charge in [-0.3, -0.25) is 0 Å². The second-order valence-corrected chi connectivity index (χ2v) is 7.70. The average Bonchev–Trinajstić information content (AvgIpc) is 2.64. The first-order valence-electron chi connectivity index (χ1n) is 9.05. The zero-order valence-electron chi connectivity index (χ0n) is 14.6. The van der Waals surface area contributed by atoms with Crippen molar-refractivity contribution in [1.29, 1.82) is 0 Å². The van der Waals surface area contributed by atoms with Crippen molar-refractivity contribution in [3.8, 4) is 11.4 Å². The third kappa shape index (κ3) is 5.05. The quantitative estimate of drug-likeness (QED) is 0.539. The Kier molecular flexibility index (Phi) is 6.50. The monoisotopic (exact) mass is 374 g/mol. The fourth-order valence-electron chi connectivity index (χ4n) is 3.58. The Hall–Kier alpha value is -1.38. The predicted octanol–water partition coefficient (Wildman–Crippen LogP) is 6.77. The van der Waals surface area contributed by atoms with E-state index in [1.54, 1.807) is 6.07 Å². The topological polar surface area (TPSA) is 25.8 Å². The Morgan fingerprint density at radius 2 is 1.76 bits per heavy atom. The van der Waals surface area contributed by atoms with Gasteiger partial charge in [-0.05, 0) is 81.0 Å². The number of rotatable bonds is 5. The maximum atomic E-state index is 6.07. The molecule has 0 bridgehead atoms. The van der Waals surface area contributed by atoms with Crippen LogP contribution in [0.2, 0.25) is 10.0 Å². The summed E-state index contributed by atoms with van der Waals surface area (Å²) in [6, 6.07) is 5.48. The molecule has 132 valence electrons. The highest BCUT2D eigenvalue weighted by molar-refractivity contribution is 6.42. The minimum atomic E-state index is 0.528. The maximum absolute atomic E-state index is 6.07. The summed E-state index contributed by atoms with van der Waals surface area (Å²) in [5.74, 6) is 2.33. The van der Waals surface area contributed by atoms with E-state index in [0.717, 1.165) is 23.8 Å². The Morgan fingerprint density at radius 1 is 1.04 bits per heavy atom. The summed E-state index contributed by atoms with van der Waals surface area (Å²) in [4.78, 5) is 9.00. The van der Waals surface area contributed by atoms with Gasteiger partial charge in [0.15, 0.2) is 5.82 Å². The van der Waals surface area contributed by atoms with E-state index in [1.165, 1.54) is 37.7 Å². The van der Waals surface area contributed by atoms with Gasteiger partial charge in [0.2, 0.25) is 0 Å². The van der Waals surface area contributed by atoms with Crippen LogP contribution in [0.15, 0.2) is 42.7 Å². The first-order valence-corrected chi connectivity index (χ1v) is 9.80. The second-order valence-electron chi connectivity index (χ2n) is 6.89. The van der Waals surface area contributed by atoms with Crippen LogP contribution in [0.25, 0.3) is 11.4 Å². The van der Waals surface area contributed by atoms with Gasteiger partial charge >= 0.3 is 0 Å². The number of hydrogen-bond acceptors (Lipinski definition) is 2. The molecule has 4 heteroatoms. The van der Waals surface area contributed by atoms with Crippen molar-refractivity contribution in [3.05, 3.63) is 58.4 Å². The van der Waals surface area contributed by atoms with Gasteiger partial charge in [-0.2, -0.15) is 0 Å². The summed E-state index contributed by atoms with van der Waals surface area (Å²) in [6.45, 7) is 2.12. The number of hydrogen-bond donors (Lipinski definition) is 0. The van der Waals surface area contributed by atoms with E-state index in [2.05, 4.69) is 29.0 Å². The molecule has 2 nitrogen and oxygen atoms in total. The smallest absolute Gasteiger partial charge is 0.159 e. The maximum Gasteiger partial charge on any atom is 0.159 e. The fourth-order valence-corrected chi connectivity index (χ4v) is 3.88. The fraction of sp³-hybridized carbons (Fsp3) is 0.429. The van der Waals surface area contributed by atoms with E-state index in [-0.39, 0.29) is 0 Å². The summed E-state index contributed by atoms with van der Waals surface area (Å²) in [7, 11) is 0. The van der Waals surface area contributed by atoms with Crippen molar-refractivity contribution in [2.45, 2.75) is 45.4 Å². The molecule has 3 rings (SSSR count).